The lowest BCUT2D eigenvalue weighted by Crippen LogP contribution is -2.49. The lowest BCUT2D eigenvalue weighted by Gasteiger charge is -2.31. The molecule has 1 fully saturated rings. The summed E-state index contributed by atoms with van der Waals surface area (Å²) in [6.07, 6.45) is 0.944. The second-order valence-electron chi connectivity index (χ2n) is 4.92. The number of hydrogen-bond donors (Lipinski definition) is 1. The van der Waals surface area contributed by atoms with E-state index in [4.69, 9.17) is 9.15 Å². The van der Waals surface area contributed by atoms with E-state index in [9.17, 15) is 9.59 Å². The van der Waals surface area contributed by atoms with Crippen molar-refractivity contribution in [3.8, 4) is 0 Å². The summed E-state index contributed by atoms with van der Waals surface area (Å²) in [4.78, 5) is 25.3. The number of morpholine rings is 1. The summed E-state index contributed by atoms with van der Waals surface area (Å²) in [5.74, 6) is 0.172. The molecule has 0 radical (unpaired) electrons. The summed E-state index contributed by atoms with van der Waals surface area (Å²) in [6.45, 7) is 3.43. The Bertz CT molecular complexity index is 474. The van der Waals surface area contributed by atoms with Gasteiger partial charge in [-0.1, -0.05) is 0 Å². The number of ether oxygens (including phenoxy) is 2. The van der Waals surface area contributed by atoms with E-state index in [1.807, 2.05) is 17.9 Å². The normalized spacial score (nSPS) is 20.8. The second-order valence-corrected chi connectivity index (χ2v) is 4.92. The van der Waals surface area contributed by atoms with Crippen LogP contribution in [0.15, 0.2) is 22.8 Å². The smallest absolute Gasteiger partial charge is 0.336 e. The molecule has 1 aliphatic heterocycles. The number of carbonyl (C=O) groups is 2. The van der Waals surface area contributed by atoms with Crippen molar-refractivity contribution in [2.24, 2.45) is 0 Å². The van der Waals surface area contributed by atoms with Gasteiger partial charge in [0, 0.05) is 13.1 Å². The van der Waals surface area contributed by atoms with E-state index < -0.39 is 12.1 Å². The van der Waals surface area contributed by atoms with Gasteiger partial charge in [-0.25, -0.2) is 4.79 Å². The number of carbonyl (C=O) groups excluding carboxylic acids is 2. The molecular weight excluding hydrogens is 276 g/mol. The number of rotatable bonds is 5. The fourth-order valence-electron chi connectivity index (χ4n) is 2.22. The Morgan fingerprint density at radius 1 is 1.57 bits per heavy atom. The van der Waals surface area contributed by atoms with Crippen LogP contribution in [0.3, 0.4) is 0 Å². The molecule has 1 amide bonds. The monoisotopic (exact) mass is 296 g/mol. The highest BCUT2D eigenvalue weighted by atomic mass is 16.6. The molecule has 1 aliphatic rings. The predicted octanol–water partition coefficient (Wildman–Crippen LogP) is 0.331. The fraction of sp³-hybridized carbons (Fsp3) is 0.571. The lowest BCUT2D eigenvalue weighted by atomic mass is 10.2. The zero-order chi connectivity index (χ0) is 15.2. The predicted molar refractivity (Wildman–Crippen MR) is 73.5 cm³/mol. The third-order valence-electron chi connectivity index (χ3n) is 3.33. The van der Waals surface area contributed by atoms with E-state index in [0.29, 0.717) is 25.5 Å². The molecular formula is C14H20N2O5. The van der Waals surface area contributed by atoms with Crippen molar-refractivity contribution in [3.05, 3.63) is 24.2 Å². The fourth-order valence-corrected chi connectivity index (χ4v) is 2.22. The van der Waals surface area contributed by atoms with Crippen LogP contribution in [0.4, 0.5) is 0 Å². The van der Waals surface area contributed by atoms with Gasteiger partial charge >= 0.3 is 5.97 Å². The Balaban J connectivity index is 1.80. The van der Waals surface area contributed by atoms with Crippen LogP contribution >= 0.6 is 0 Å². The topological polar surface area (TPSA) is 81.0 Å². The molecule has 0 bridgehead atoms. The number of methoxy groups -OCH3 is 1. The van der Waals surface area contributed by atoms with Crippen molar-refractivity contribution in [2.45, 2.75) is 19.1 Å². The molecule has 1 aromatic heterocycles. The molecule has 2 heterocycles. The van der Waals surface area contributed by atoms with Gasteiger partial charge in [-0.15, -0.1) is 0 Å². The SMILES string of the molecule is COC(=O)C1CN(CC(=O)NC(C)c2ccco2)CCO1. The van der Waals surface area contributed by atoms with Crippen LogP contribution in [-0.2, 0) is 19.1 Å². The Kier molecular flexibility index (Phi) is 5.35. The van der Waals surface area contributed by atoms with Crippen LogP contribution in [0.2, 0.25) is 0 Å². The molecule has 0 aliphatic carbocycles. The van der Waals surface area contributed by atoms with Crippen LogP contribution in [0.1, 0.15) is 18.7 Å². The third kappa shape index (κ3) is 4.30. The highest BCUT2D eigenvalue weighted by molar-refractivity contribution is 5.79. The molecule has 7 nitrogen and oxygen atoms in total. The first-order chi connectivity index (χ1) is 10.1. The summed E-state index contributed by atoms with van der Waals surface area (Å²) in [5, 5.41) is 2.86. The van der Waals surface area contributed by atoms with E-state index in [-0.39, 0.29) is 18.5 Å². The maximum atomic E-state index is 12.0. The largest absolute Gasteiger partial charge is 0.467 e. The molecule has 2 unspecified atom stereocenters. The van der Waals surface area contributed by atoms with Gasteiger partial charge in [0.1, 0.15) is 5.76 Å². The minimum absolute atomic E-state index is 0.121. The van der Waals surface area contributed by atoms with Crippen LogP contribution in [0, 0.1) is 0 Å². The minimum Gasteiger partial charge on any atom is -0.467 e. The Morgan fingerprint density at radius 3 is 3.05 bits per heavy atom. The first kappa shape index (κ1) is 15.5. The maximum Gasteiger partial charge on any atom is 0.336 e. The van der Waals surface area contributed by atoms with Crippen LogP contribution in [-0.4, -0.2) is 56.2 Å². The summed E-state index contributed by atoms with van der Waals surface area (Å²) >= 11 is 0. The zero-order valence-electron chi connectivity index (χ0n) is 12.2. The standard InChI is InChI=1S/C14H20N2O5/c1-10(11-4-3-6-20-11)15-13(17)9-16-5-7-21-12(8-16)14(18)19-2/h3-4,6,10,12H,5,7-9H2,1-2H3,(H,15,17). The molecule has 0 saturated carbocycles. The van der Waals surface area contributed by atoms with Gasteiger partial charge in [-0.3, -0.25) is 9.69 Å². The average molecular weight is 296 g/mol. The van der Waals surface area contributed by atoms with Gasteiger partial charge in [-0.05, 0) is 19.1 Å². The van der Waals surface area contributed by atoms with Gasteiger partial charge in [0.25, 0.3) is 0 Å². The third-order valence-corrected chi connectivity index (χ3v) is 3.33. The molecule has 7 heteroatoms. The molecule has 1 saturated heterocycles. The molecule has 1 N–H and O–H groups in total. The molecule has 2 atom stereocenters. The van der Waals surface area contributed by atoms with Crippen LogP contribution < -0.4 is 5.32 Å². The van der Waals surface area contributed by atoms with Crippen molar-refractivity contribution in [1.29, 1.82) is 0 Å². The molecule has 0 spiro atoms. The Morgan fingerprint density at radius 2 is 2.38 bits per heavy atom. The first-order valence-electron chi connectivity index (χ1n) is 6.84. The summed E-state index contributed by atoms with van der Waals surface area (Å²) in [7, 11) is 1.32. The van der Waals surface area contributed by atoms with E-state index in [1.54, 1.807) is 12.3 Å². The van der Waals surface area contributed by atoms with E-state index in [1.165, 1.54) is 7.11 Å². The minimum atomic E-state index is -0.626. The number of furan rings is 1. The van der Waals surface area contributed by atoms with Gasteiger partial charge < -0.3 is 19.2 Å². The second kappa shape index (κ2) is 7.24. The van der Waals surface area contributed by atoms with Gasteiger partial charge in [-0.2, -0.15) is 0 Å². The quantitative estimate of drug-likeness (QED) is 0.789. The number of esters is 1. The van der Waals surface area contributed by atoms with Gasteiger partial charge in [0.05, 0.1) is 32.6 Å². The lowest BCUT2D eigenvalue weighted by molar-refractivity contribution is -0.160. The van der Waals surface area contributed by atoms with Gasteiger partial charge in [0.2, 0.25) is 5.91 Å². The Hall–Kier alpha value is -1.86. The highest BCUT2D eigenvalue weighted by Crippen LogP contribution is 2.12. The summed E-state index contributed by atoms with van der Waals surface area (Å²) in [5.41, 5.74) is 0. The number of hydrogen-bond acceptors (Lipinski definition) is 6. The number of amides is 1. The highest BCUT2D eigenvalue weighted by Gasteiger charge is 2.28. The van der Waals surface area contributed by atoms with Gasteiger partial charge in [0.15, 0.2) is 6.10 Å². The van der Waals surface area contributed by atoms with E-state index in [2.05, 4.69) is 10.1 Å². The van der Waals surface area contributed by atoms with Crippen molar-refractivity contribution >= 4 is 11.9 Å². The molecule has 0 aromatic carbocycles. The van der Waals surface area contributed by atoms with Crippen molar-refractivity contribution in [2.75, 3.05) is 33.4 Å². The average Bonchev–Trinajstić information content (AvgIpc) is 3.00. The van der Waals surface area contributed by atoms with E-state index in [0.717, 1.165) is 0 Å². The molecule has 2 rings (SSSR count). The molecule has 1 aromatic rings. The maximum absolute atomic E-state index is 12.0. The van der Waals surface area contributed by atoms with Crippen LogP contribution in [0.5, 0.6) is 0 Å². The first-order valence-corrected chi connectivity index (χ1v) is 6.84. The number of nitrogens with one attached hydrogen (secondary N) is 1. The van der Waals surface area contributed by atoms with Crippen molar-refractivity contribution < 1.29 is 23.5 Å². The van der Waals surface area contributed by atoms with E-state index >= 15 is 0 Å². The van der Waals surface area contributed by atoms with Crippen molar-refractivity contribution in [3.63, 3.8) is 0 Å². The molecule has 116 valence electrons. The number of nitrogens with zero attached hydrogens (tertiary/aromatic N) is 1. The Labute approximate surface area is 123 Å². The van der Waals surface area contributed by atoms with Crippen molar-refractivity contribution in [1.82, 2.24) is 10.2 Å². The summed E-state index contributed by atoms with van der Waals surface area (Å²) < 4.78 is 15.2. The molecule has 21 heavy (non-hydrogen) atoms. The van der Waals surface area contributed by atoms with Crippen LogP contribution in [0.25, 0.3) is 0 Å². The summed E-state index contributed by atoms with van der Waals surface area (Å²) in [6, 6.07) is 3.40. The zero-order valence-corrected chi connectivity index (χ0v) is 12.2.